The Bertz CT molecular complexity index is 967. The van der Waals surface area contributed by atoms with Gasteiger partial charge in [0.15, 0.2) is 0 Å². The Morgan fingerprint density at radius 2 is 1.82 bits per heavy atom. The van der Waals surface area contributed by atoms with Gasteiger partial charge in [0.2, 0.25) is 10.0 Å². The van der Waals surface area contributed by atoms with E-state index in [-0.39, 0.29) is 18.3 Å². The Labute approximate surface area is 172 Å². The Morgan fingerprint density at radius 1 is 1.04 bits per heavy atom. The summed E-state index contributed by atoms with van der Waals surface area (Å²) in [4.78, 5) is 0.451. The van der Waals surface area contributed by atoms with Crippen molar-refractivity contribution < 1.29 is 8.42 Å². The molecule has 1 saturated heterocycles. The number of piperidine rings is 1. The van der Waals surface area contributed by atoms with Gasteiger partial charge < -0.3 is 9.88 Å². The lowest BCUT2D eigenvalue weighted by molar-refractivity contribution is 0.307. The zero-order chi connectivity index (χ0) is 18.4. The summed E-state index contributed by atoms with van der Waals surface area (Å²) in [5.74, 6) is 2.31. The molecule has 0 saturated carbocycles. The van der Waals surface area contributed by atoms with Crippen LogP contribution in [-0.4, -0.2) is 47.1 Å². The van der Waals surface area contributed by atoms with Crippen LogP contribution in [0.2, 0.25) is 0 Å². The SMILES string of the molecule is Cl.O=S(=O)(c1ccc2c(c1)CCC2)N1CCC(c2nnc3n2CCNC3)CC1. The first kappa shape index (κ1) is 19.8. The van der Waals surface area contributed by atoms with Gasteiger partial charge in [-0.25, -0.2) is 8.42 Å². The molecule has 1 aromatic heterocycles. The quantitative estimate of drug-likeness (QED) is 0.815. The van der Waals surface area contributed by atoms with Crippen LogP contribution in [0, 0.1) is 0 Å². The molecule has 0 amide bonds. The number of aromatic nitrogens is 3. The van der Waals surface area contributed by atoms with E-state index in [0.29, 0.717) is 18.0 Å². The Balaban J connectivity index is 0.00000192. The van der Waals surface area contributed by atoms with Gasteiger partial charge in [-0.1, -0.05) is 6.07 Å². The summed E-state index contributed by atoms with van der Waals surface area (Å²) in [6, 6.07) is 5.68. The molecule has 9 heteroatoms. The predicted molar refractivity (Wildman–Crippen MR) is 108 cm³/mol. The number of hydrogen-bond acceptors (Lipinski definition) is 5. The van der Waals surface area contributed by atoms with Gasteiger partial charge in [0, 0.05) is 32.1 Å². The highest BCUT2D eigenvalue weighted by Gasteiger charge is 2.33. The minimum atomic E-state index is -3.41. The number of hydrogen-bond donors (Lipinski definition) is 1. The zero-order valence-corrected chi connectivity index (χ0v) is 17.4. The molecule has 0 atom stereocenters. The van der Waals surface area contributed by atoms with Crippen LogP contribution >= 0.6 is 12.4 Å². The van der Waals surface area contributed by atoms with Crippen molar-refractivity contribution in [3.8, 4) is 0 Å². The van der Waals surface area contributed by atoms with Crippen molar-refractivity contribution in [1.29, 1.82) is 0 Å². The number of sulfonamides is 1. The molecule has 28 heavy (non-hydrogen) atoms. The summed E-state index contributed by atoms with van der Waals surface area (Å²) in [7, 11) is -3.41. The highest BCUT2D eigenvalue weighted by atomic mass is 35.5. The number of nitrogens with one attached hydrogen (secondary N) is 1. The molecule has 1 fully saturated rings. The predicted octanol–water partition coefficient (Wildman–Crippen LogP) is 1.86. The highest BCUT2D eigenvalue weighted by molar-refractivity contribution is 7.89. The minimum Gasteiger partial charge on any atom is -0.312 e. The maximum atomic E-state index is 13.1. The third kappa shape index (κ3) is 3.36. The molecule has 3 aliphatic rings. The lowest BCUT2D eigenvalue weighted by Crippen LogP contribution is -2.38. The van der Waals surface area contributed by atoms with Crippen molar-refractivity contribution in [2.45, 2.75) is 56.0 Å². The third-order valence-corrected chi connectivity index (χ3v) is 8.07. The van der Waals surface area contributed by atoms with Gasteiger partial charge in [-0.15, -0.1) is 22.6 Å². The smallest absolute Gasteiger partial charge is 0.243 e. The fourth-order valence-electron chi connectivity index (χ4n) is 4.63. The standard InChI is InChI=1S/C19H25N5O2S.ClH/c25-27(26,17-5-4-14-2-1-3-16(14)12-17)23-9-6-15(7-10-23)19-22-21-18-13-20-8-11-24(18)19;/h4-5,12,15,20H,1-3,6-11,13H2;1H. The summed E-state index contributed by atoms with van der Waals surface area (Å²) in [5, 5.41) is 12.0. The molecule has 5 rings (SSSR count). The second-order valence-corrected chi connectivity index (χ2v) is 9.70. The molecule has 0 spiro atoms. The van der Waals surface area contributed by atoms with Crippen LogP contribution < -0.4 is 5.32 Å². The number of halogens is 1. The first-order chi connectivity index (χ1) is 13.1. The van der Waals surface area contributed by atoms with Crippen LogP contribution in [0.15, 0.2) is 23.1 Å². The molecule has 2 aromatic rings. The first-order valence-corrected chi connectivity index (χ1v) is 11.3. The molecule has 0 bridgehead atoms. The van der Waals surface area contributed by atoms with Gasteiger partial charge >= 0.3 is 0 Å². The van der Waals surface area contributed by atoms with Gasteiger partial charge in [0.1, 0.15) is 11.6 Å². The summed E-state index contributed by atoms with van der Waals surface area (Å²) in [6.07, 6.45) is 4.79. The maximum absolute atomic E-state index is 13.1. The van der Waals surface area contributed by atoms with E-state index in [4.69, 9.17) is 0 Å². The molecule has 152 valence electrons. The molecular formula is C19H26ClN5O2S. The molecule has 1 aliphatic carbocycles. The van der Waals surface area contributed by atoms with Crippen LogP contribution in [0.5, 0.6) is 0 Å². The number of rotatable bonds is 3. The molecule has 0 unspecified atom stereocenters. The van der Waals surface area contributed by atoms with E-state index in [1.807, 2.05) is 12.1 Å². The summed E-state index contributed by atoms with van der Waals surface area (Å²) >= 11 is 0. The Kier molecular flexibility index (Phi) is 5.48. The van der Waals surface area contributed by atoms with Gasteiger partial charge in [0.05, 0.1) is 11.4 Å². The fourth-order valence-corrected chi connectivity index (χ4v) is 6.15. The fraction of sp³-hybridized carbons (Fsp3) is 0.579. The maximum Gasteiger partial charge on any atom is 0.243 e. The van der Waals surface area contributed by atoms with E-state index >= 15 is 0 Å². The van der Waals surface area contributed by atoms with Crippen LogP contribution in [-0.2, 0) is 36.0 Å². The van der Waals surface area contributed by atoms with E-state index < -0.39 is 10.0 Å². The van der Waals surface area contributed by atoms with Crippen molar-refractivity contribution in [2.24, 2.45) is 0 Å². The van der Waals surface area contributed by atoms with Crippen LogP contribution in [0.4, 0.5) is 0 Å². The second kappa shape index (κ2) is 7.74. The Hall–Kier alpha value is -1.48. The van der Waals surface area contributed by atoms with Crippen LogP contribution in [0.25, 0.3) is 0 Å². The third-order valence-electron chi connectivity index (χ3n) is 6.18. The van der Waals surface area contributed by atoms with Crippen molar-refractivity contribution in [2.75, 3.05) is 19.6 Å². The second-order valence-electron chi connectivity index (χ2n) is 7.77. The number of aryl methyl sites for hydroxylation is 2. The van der Waals surface area contributed by atoms with Crippen LogP contribution in [0.3, 0.4) is 0 Å². The lowest BCUT2D eigenvalue weighted by Gasteiger charge is -2.31. The molecule has 2 aliphatic heterocycles. The normalized spacial score (nSPS) is 20.4. The number of nitrogens with zero attached hydrogens (tertiary/aromatic N) is 4. The largest absolute Gasteiger partial charge is 0.312 e. The van der Waals surface area contributed by atoms with E-state index in [0.717, 1.165) is 63.4 Å². The molecule has 1 N–H and O–H groups in total. The van der Waals surface area contributed by atoms with Crippen molar-refractivity contribution in [3.63, 3.8) is 0 Å². The van der Waals surface area contributed by atoms with E-state index in [9.17, 15) is 8.42 Å². The van der Waals surface area contributed by atoms with Crippen molar-refractivity contribution in [1.82, 2.24) is 24.4 Å². The Morgan fingerprint density at radius 3 is 2.64 bits per heavy atom. The molecule has 1 aromatic carbocycles. The van der Waals surface area contributed by atoms with Gasteiger partial charge in [-0.05, 0) is 55.4 Å². The van der Waals surface area contributed by atoms with Crippen LogP contribution in [0.1, 0.15) is 48.0 Å². The summed E-state index contributed by atoms with van der Waals surface area (Å²) in [6.45, 7) is 3.68. The van der Waals surface area contributed by atoms with Gasteiger partial charge in [-0.3, -0.25) is 0 Å². The average Bonchev–Trinajstić information content (AvgIpc) is 3.34. The molecule has 0 radical (unpaired) electrons. The topological polar surface area (TPSA) is 80.1 Å². The molecule has 3 heterocycles. The van der Waals surface area contributed by atoms with Crippen molar-refractivity contribution in [3.05, 3.63) is 41.0 Å². The highest BCUT2D eigenvalue weighted by Crippen LogP contribution is 2.32. The number of benzene rings is 1. The van der Waals surface area contributed by atoms with Gasteiger partial charge in [-0.2, -0.15) is 4.31 Å². The van der Waals surface area contributed by atoms with E-state index in [2.05, 4.69) is 20.1 Å². The lowest BCUT2D eigenvalue weighted by atomic mass is 9.97. The van der Waals surface area contributed by atoms with E-state index in [1.54, 1.807) is 10.4 Å². The van der Waals surface area contributed by atoms with Crippen molar-refractivity contribution >= 4 is 22.4 Å². The average molecular weight is 424 g/mol. The first-order valence-electron chi connectivity index (χ1n) is 9.87. The summed E-state index contributed by atoms with van der Waals surface area (Å²) in [5.41, 5.74) is 2.51. The van der Waals surface area contributed by atoms with Gasteiger partial charge in [0.25, 0.3) is 0 Å². The number of fused-ring (bicyclic) bond motifs is 2. The monoisotopic (exact) mass is 423 g/mol. The minimum absolute atomic E-state index is 0. The van der Waals surface area contributed by atoms with E-state index in [1.165, 1.54) is 11.1 Å². The molecular weight excluding hydrogens is 398 g/mol. The zero-order valence-electron chi connectivity index (χ0n) is 15.8. The molecule has 7 nitrogen and oxygen atoms in total. The summed E-state index contributed by atoms with van der Waals surface area (Å²) < 4.78 is 30.1.